The Morgan fingerprint density at radius 2 is 2.33 bits per heavy atom. The normalized spacial score (nSPS) is 19.3. The summed E-state index contributed by atoms with van der Waals surface area (Å²) in [5, 5.41) is 0. The molecule has 2 heterocycles. The molecule has 3 nitrogen and oxygen atoms in total. The first kappa shape index (κ1) is 10.6. The molecule has 0 atom stereocenters. The third-order valence-electron chi connectivity index (χ3n) is 2.96. The summed E-state index contributed by atoms with van der Waals surface area (Å²) in [6, 6.07) is 4.02. The fraction of sp³-hybridized carbons (Fsp3) is 0.583. The van der Waals surface area contributed by atoms with E-state index in [9.17, 15) is 0 Å². The minimum absolute atomic E-state index is 0.463. The van der Waals surface area contributed by atoms with Gasteiger partial charge in [-0.3, -0.25) is 9.88 Å². The molecule has 0 aliphatic carbocycles. The number of nitrogens with zero attached hydrogens (tertiary/aromatic N) is 2. The Balaban J connectivity index is 1.82. The van der Waals surface area contributed by atoms with E-state index in [-0.39, 0.29) is 0 Å². The Bertz CT molecular complexity index is 281. The zero-order chi connectivity index (χ0) is 10.5. The molecular formula is C12H17N2O. The average Bonchev–Trinajstić information content (AvgIpc) is 2.31. The highest BCUT2D eigenvalue weighted by Crippen LogP contribution is 2.14. The van der Waals surface area contributed by atoms with Crippen molar-refractivity contribution in [1.82, 2.24) is 9.88 Å². The number of aromatic nitrogens is 1. The van der Waals surface area contributed by atoms with Gasteiger partial charge in [0.25, 0.3) is 0 Å². The molecule has 1 aliphatic rings. The van der Waals surface area contributed by atoms with E-state index in [2.05, 4.69) is 22.1 Å². The largest absolute Gasteiger partial charge is 0.381 e. The van der Waals surface area contributed by atoms with E-state index in [1.165, 1.54) is 5.56 Å². The predicted octanol–water partition coefficient (Wildman–Crippen LogP) is 1.49. The van der Waals surface area contributed by atoms with E-state index in [4.69, 9.17) is 4.74 Å². The summed E-state index contributed by atoms with van der Waals surface area (Å²) in [4.78, 5) is 6.36. The molecule has 0 N–H and O–H groups in total. The van der Waals surface area contributed by atoms with Crippen LogP contribution in [0.25, 0.3) is 0 Å². The Hall–Kier alpha value is -0.930. The topological polar surface area (TPSA) is 25.4 Å². The van der Waals surface area contributed by atoms with Crippen LogP contribution in [0.3, 0.4) is 0 Å². The smallest absolute Gasteiger partial charge is 0.0889 e. The average molecular weight is 205 g/mol. The molecule has 0 bridgehead atoms. The lowest BCUT2D eigenvalue weighted by molar-refractivity contribution is 0.0388. The SMILES string of the molecule is COC1CCN(Cc2c[c]ncc2)CC1. The number of ether oxygens (including phenoxy) is 1. The monoisotopic (exact) mass is 205 g/mol. The second kappa shape index (κ2) is 5.24. The van der Waals surface area contributed by atoms with Crippen molar-refractivity contribution in [3.8, 4) is 0 Å². The summed E-state index contributed by atoms with van der Waals surface area (Å²) in [5.41, 5.74) is 1.29. The van der Waals surface area contributed by atoms with Gasteiger partial charge in [-0.15, -0.1) is 0 Å². The molecule has 1 fully saturated rings. The van der Waals surface area contributed by atoms with Gasteiger partial charge in [-0.05, 0) is 30.5 Å². The highest BCUT2D eigenvalue weighted by atomic mass is 16.5. The third-order valence-corrected chi connectivity index (χ3v) is 2.96. The van der Waals surface area contributed by atoms with Crippen LogP contribution in [-0.4, -0.2) is 36.2 Å². The molecule has 15 heavy (non-hydrogen) atoms. The summed E-state index contributed by atoms with van der Waals surface area (Å²) in [6.07, 6.45) is 7.42. The molecule has 0 saturated carbocycles. The second-order valence-corrected chi connectivity index (χ2v) is 4.00. The van der Waals surface area contributed by atoms with Crippen LogP contribution in [0.5, 0.6) is 0 Å². The Morgan fingerprint density at radius 3 is 2.93 bits per heavy atom. The Labute approximate surface area is 91.1 Å². The van der Waals surface area contributed by atoms with E-state index in [1.807, 2.05) is 6.07 Å². The molecule has 0 spiro atoms. The van der Waals surface area contributed by atoms with Crippen LogP contribution in [0.15, 0.2) is 18.3 Å². The van der Waals surface area contributed by atoms with Crippen LogP contribution in [0.1, 0.15) is 18.4 Å². The first-order chi connectivity index (χ1) is 7.38. The maximum absolute atomic E-state index is 5.35. The lowest BCUT2D eigenvalue weighted by Gasteiger charge is -2.31. The van der Waals surface area contributed by atoms with Crippen molar-refractivity contribution < 1.29 is 4.74 Å². The van der Waals surface area contributed by atoms with Crippen LogP contribution in [-0.2, 0) is 11.3 Å². The quantitative estimate of drug-likeness (QED) is 0.747. The fourth-order valence-corrected chi connectivity index (χ4v) is 2.00. The van der Waals surface area contributed by atoms with Gasteiger partial charge in [0, 0.05) is 32.9 Å². The molecule has 1 aliphatic heterocycles. The molecule has 0 aromatic carbocycles. The summed E-state index contributed by atoms with van der Waals surface area (Å²) in [5.74, 6) is 0. The van der Waals surface area contributed by atoms with Crippen LogP contribution >= 0.6 is 0 Å². The zero-order valence-electron chi connectivity index (χ0n) is 9.15. The van der Waals surface area contributed by atoms with E-state index >= 15 is 0 Å². The van der Waals surface area contributed by atoms with Crippen molar-refractivity contribution in [3.63, 3.8) is 0 Å². The van der Waals surface area contributed by atoms with Crippen molar-refractivity contribution in [2.45, 2.75) is 25.5 Å². The first-order valence-electron chi connectivity index (χ1n) is 5.44. The number of hydrogen-bond donors (Lipinski definition) is 0. The number of pyridine rings is 1. The van der Waals surface area contributed by atoms with Crippen molar-refractivity contribution in [3.05, 3.63) is 30.1 Å². The maximum atomic E-state index is 5.35. The van der Waals surface area contributed by atoms with Crippen molar-refractivity contribution in [2.24, 2.45) is 0 Å². The lowest BCUT2D eigenvalue weighted by atomic mass is 10.1. The fourth-order valence-electron chi connectivity index (χ4n) is 2.00. The van der Waals surface area contributed by atoms with Crippen LogP contribution in [0.4, 0.5) is 0 Å². The van der Waals surface area contributed by atoms with E-state index in [0.29, 0.717) is 6.10 Å². The number of methoxy groups -OCH3 is 1. The molecule has 81 valence electrons. The number of piperidine rings is 1. The summed E-state index contributed by atoms with van der Waals surface area (Å²) < 4.78 is 5.35. The standard InChI is InChI=1S/C12H17N2O/c1-15-12-4-8-14(9-5-12)10-11-2-6-13-7-3-11/h2-3,6,12H,4-5,8-10H2,1H3. The van der Waals surface area contributed by atoms with E-state index in [1.54, 1.807) is 13.3 Å². The van der Waals surface area contributed by atoms with Crippen LogP contribution < -0.4 is 0 Å². The highest BCUT2D eigenvalue weighted by Gasteiger charge is 2.18. The summed E-state index contributed by atoms with van der Waals surface area (Å²) in [6.45, 7) is 3.26. The highest BCUT2D eigenvalue weighted by molar-refractivity contribution is 5.08. The molecular weight excluding hydrogens is 188 g/mol. The Kier molecular flexibility index (Phi) is 3.69. The van der Waals surface area contributed by atoms with E-state index in [0.717, 1.165) is 32.5 Å². The van der Waals surface area contributed by atoms with Crippen molar-refractivity contribution in [1.29, 1.82) is 0 Å². The number of hydrogen-bond acceptors (Lipinski definition) is 3. The van der Waals surface area contributed by atoms with Gasteiger partial charge in [0.05, 0.1) is 12.3 Å². The minimum Gasteiger partial charge on any atom is -0.381 e. The molecule has 1 radical (unpaired) electrons. The van der Waals surface area contributed by atoms with Gasteiger partial charge < -0.3 is 4.74 Å². The van der Waals surface area contributed by atoms with Gasteiger partial charge in [-0.1, -0.05) is 0 Å². The van der Waals surface area contributed by atoms with E-state index < -0.39 is 0 Å². The van der Waals surface area contributed by atoms with Crippen LogP contribution in [0, 0.1) is 6.20 Å². The van der Waals surface area contributed by atoms with Gasteiger partial charge >= 0.3 is 0 Å². The molecule has 1 saturated heterocycles. The van der Waals surface area contributed by atoms with Crippen molar-refractivity contribution in [2.75, 3.05) is 20.2 Å². The van der Waals surface area contributed by atoms with Crippen molar-refractivity contribution >= 4 is 0 Å². The van der Waals surface area contributed by atoms with Crippen LogP contribution in [0.2, 0.25) is 0 Å². The van der Waals surface area contributed by atoms with Gasteiger partial charge in [0.15, 0.2) is 0 Å². The zero-order valence-corrected chi connectivity index (χ0v) is 9.15. The molecule has 2 rings (SSSR count). The van der Waals surface area contributed by atoms with Gasteiger partial charge in [0.1, 0.15) is 0 Å². The Morgan fingerprint density at radius 1 is 1.53 bits per heavy atom. The molecule has 1 aromatic heterocycles. The minimum atomic E-state index is 0.463. The van der Waals surface area contributed by atoms with Gasteiger partial charge in [0.2, 0.25) is 0 Å². The number of rotatable bonds is 3. The van der Waals surface area contributed by atoms with Gasteiger partial charge in [-0.25, -0.2) is 0 Å². The molecule has 3 heteroatoms. The number of likely N-dealkylation sites (tertiary alicyclic amines) is 1. The third kappa shape index (κ3) is 3.01. The first-order valence-corrected chi connectivity index (χ1v) is 5.44. The lowest BCUT2D eigenvalue weighted by Crippen LogP contribution is -2.36. The van der Waals surface area contributed by atoms with Gasteiger partial charge in [-0.2, -0.15) is 0 Å². The predicted molar refractivity (Wildman–Crippen MR) is 58.4 cm³/mol. The second-order valence-electron chi connectivity index (χ2n) is 4.00. The summed E-state index contributed by atoms with van der Waals surface area (Å²) >= 11 is 0. The molecule has 0 unspecified atom stereocenters. The maximum Gasteiger partial charge on any atom is 0.0889 e. The summed E-state index contributed by atoms with van der Waals surface area (Å²) in [7, 11) is 1.80. The molecule has 0 amide bonds. The molecule has 1 aromatic rings.